The smallest absolute Gasteiger partial charge is 0.294 e. The van der Waals surface area contributed by atoms with E-state index in [-0.39, 0.29) is 12.5 Å². The van der Waals surface area contributed by atoms with Crippen LogP contribution >= 0.6 is 11.8 Å². The van der Waals surface area contributed by atoms with Gasteiger partial charge in [0.15, 0.2) is 0 Å². The first-order valence-electron chi connectivity index (χ1n) is 12.0. The summed E-state index contributed by atoms with van der Waals surface area (Å²) in [6.07, 6.45) is 1.76. The summed E-state index contributed by atoms with van der Waals surface area (Å²) >= 11 is 0.893. The van der Waals surface area contributed by atoms with Crippen LogP contribution in [0.25, 0.3) is 11.8 Å². The van der Waals surface area contributed by atoms with Gasteiger partial charge in [0.1, 0.15) is 6.54 Å². The number of carbonyl (C=O) groups excluding carboxylic acids is 3. The molecule has 0 spiro atoms. The highest BCUT2D eigenvalue weighted by Gasteiger charge is 2.37. The van der Waals surface area contributed by atoms with Crippen molar-refractivity contribution in [3.63, 3.8) is 0 Å². The lowest BCUT2D eigenvalue weighted by molar-refractivity contribution is -0.136. The number of rotatable bonds is 5. The Kier molecular flexibility index (Phi) is 6.69. The van der Waals surface area contributed by atoms with Gasteiger partial charge in [-0.1, -0.05) is 36.4 Å². The molecular weight excluding hydrogens is 472 g/mol. The molecule has 36 heavy (non-hydrogen) atoms. The van der Waals surface area contributed by atoms with E-state index >= 15 is 0 Å². The monoisotopic (exact) mass is 500 g/mol. The summed E-state index contributed by atoms with van der Waals surface area (Å²) in [4.78, 5) is 44.1. The average molecular weight is 501 g/mol. The van der Waals surface area contributed by atoms with Gasteiger partial charge in [-0.2, -0.15) is 0 Å². The lowest BCUT2D eigenvalue weighted by Gasteiger charge is -2.36. The summed E-state index contributed by atoms with van der Waals surface area (Å²) in [6.45, 7) is 6.34. The number of benzene rings is 2. The Morgan fingerprint density at radius 2 is 1.50 bits per heavy atom. The van der Waals surface area contributed by atoms with Gasteiger partial charge in [0.2, 0.25) is 5.91 Å². The predicted octanol–water partition coefficient (Wildman–Crippen LogP) is 4.48. The molecule has 0 aliphatic carbocycles. The van der Waals surface area contributed by atoms with Crippen LogP contribution < -0.4 is 4.90 Å². The molecule has 2 aliphatic rings. The molecule has 2 aromatic carbocycles. The Morgan fingerprint density at radius 3 is 2.14 bits per heavy atom. The van der Waals surface area contributed by atoms with Crippen LogP contribution in [-0.4, -0.2) is 64.1 Å². The maximum Gasteiger partial charge on any atom is 0.294 e. The van der Waals surface area contributed by atoms with Crippen molar-refractivity contribution in [2.75, 3.05) is 37.6 Å². The predicted molar refractivity (Wildman–Crippen MR) is 143 cm³/mol. The van der Waals surface area contributed by atoms with Gasteiger partial charge < -0.3 is 14.4 Å². The molecule has 2 aliphatic heterocycles. The van der Waals surface area contributed by atoms with E-state index in [1.807, 2.05) is 68.4 Å². The highest BCUT2D eigenvalue weighted by atomic mass is 32.2. The molecule has 0 radical (unpaired) electrons. The van der Waals surface area contributed by atoms with Crippen LogP contribution in [0.4, 0.5) is 10.5 Å². The average Bonchev–Trinajstić information content (AvgIpc) is 3.33. The molecule has 5 rings (SSSR count). The molecule has 0 N–H and O–H groups in total. The van der Waals surface area contributed by atoms with Gasteiger partial charge in [-0.15, -0.1) is 0 Å². The largest absolute Gasteiger partial charge is 0.368 e. The van der Waals surface area contributed by atoms with Crippen molar-refractivity contribution in [1.29, 1.82) is 0 Å². The van der Waals surface area contributed by atoms with Crippen LogP contribution in [0.5, 0.6) is 0 Å². The van der Waals surface area contributed by atoms with E-state index in [9.17, 15) is 14.4 Å². The molecule has 0 atom stereocenters. The first kappa shape index (κ1) is 23.9. The highest BCUT2D eigenvalue weighted by Crippen LogP contribution is 2.34. The van der Waals surface area contributed by atoms with E-state index in [4.69, 9.17) is 0 Å². The summed E-state index contributed by atoms with van der Waals surface area (Å²) in [6, 6.07) is 22.1. The third-order valence-corrected chi connectivity index (χ3v) is 7.60. The number of para-hydroxylation sites is 2. The van der Waals surface area contributed by atoms with Crippen molar-refractivity contribution < 1.29 is 14.4 Å². The van der Waals surface area contributed by atoms with Gasteiger partial charge in [-0.25, -0.2) is 0 Å². The van der Waals surface area contributed by atoms with Gasteiger partial charge in [-0.05, 0) is 67.6 Å². The topological polar surface area (TPSA) is 65.9 Å². The van der Waals surface area contributed by atoms with Crippen LogP contribution in [0.2, 0.25) is 0 Å². The van der Waals surface area contributed by atoms with Crippen molar-refractivity contribution in [2.45, 2.75) is 13.8 Å². The highest BCUT2D eigenvalue weighted by molar-refractivity contribution is 8.18. The maximum absolute atomic E-state index is 13.1. The quantitative estimate of drug-likeness (QED) is 0.484. The molecule has 3 amide bonds. The first-order valence-corrected chi connectivity index (χ1v) is 12.8. The first-order chi connectivity index (χ1) is 17.4. The van der Waals surface area contributed by atoms with Gasteiger partial charge in [0, 0.05) is 48.9 Å². The molecule has 0 unspecified atom stereocenters. The van der Waals surface area contributed by atoms with E-state index in [1.54, 1.807) is 11.0 Å². The Hall–Kier alpha value is -3.78. The number of carbonyl (C=O) groups is 3. The number of aromatic nitrogens is 1. The Morgan fingerprint density at radius 1 is 0.889 bits per heavy atom. The van der Waals surface area contributed by atoms with E-state index in [2.05, 4.69) is 21.6 Å². The fourth-order valence-electron chi connectivity index (χ4n) is 4.77. The molecule has 2 fully saturated rings. The summed E-state index contributed by atoms with van der Waals surface area (Å²) in [5, 5.41) is -0.403. The molecule has 7 nitrogen and oxygen atoms in total. The molecule has 184 valence electrons. The van der Waals surface area contributed by atoms with Gasteiger partial charge in [0.25, 0.3) is 11.1 Å². The molecular formula is C28H28N4O3S. The number of thioether (sulfide) groups is 1. The van der Waals surface area contributed by atoms with Gasteiger partial charge in [-0.3, -0.25) is 19.3 Å². The molecule has 3 aromatic rings. The second kappa shape index (κ2) is 10.1. The lowest BCUT2D eigenvalue weighted by atomic mass is 10.2. The second-order valence-electron chi connectivity index (χ2n) is 8.97. The number of piperazine rings is 1. The zero-order chi connectivity index (χ0) is 25.2. The molecule has 1 aromatic heterocycles. The zero-order valence-electron chi connectivity index (χ0n) is 20.4. The standard InChI is InChI=1S/C28H28N4O3S/c1-20-17-22(21(2)32(20)24-11-7-4-8-12-24)18-25-27(34)31(28(35)36-25)19-26(33)30-15-13-29(14-16-30)23-9-5-3-6-10-23/h3-12,17-18H,13-16,19H2,1-2H3/b25-18+. The molecule has 0 bridgehead atoms. The zero-order valence-corrected chi connectivity index (χ0v) is 21.2. The summed E-state index contributed by atoms with van der Waals surface area (Å²) < 4.78 is 2.12. The Labute approximate surface area is 215 Å². The number of nitrogens with zero attached hydrogens (tertiary/aromatic N) is 4. The minimum Gasteiger partial charge on any atom is -0.368 e. The van der Waals surface area contributed by atoms with E-state index in [0.717, 1.165) is 45.0 Å². The normalized spacial score (nSPS) is 17.4. The minimum atomic E-state index is -0.411. The summed E-state index contributed by atoms with van der Waals surface area (Å²) in [5.74, 6) is -0.612. The Bertz CT molecular complexity index is 1330. The number of hydrogen-bond donors (Lipinski definition) is 0. The summed E-state index contributed by atoms with van der Waals surface area (Å²) in [7, 11) is 0. The molecule has 8 heteroatoms. The van der Waals surface area contributed by atoms with E-state index in [0.29, 0.717) is 31.1 Å². The number of hydrogen-bond acceptors (Lipinski definition) is 5. The van der Waals surface area contributed by atoms with E-state index < -0.39 is 11.1 Å². The fourth-order valence-corrected chi connectivity index (χ4v) is 5.60. The van der Waals surface area contributed by atoms with Crippen LogP contribution in [0.1, 0.15) is 17.0 Å². The fraction of sp³-hybridized carbons (Fsp3) is 0.250. The van der Waals surface area contributed by atoms with Crippen molar-refractivity contribution in [2.24, 2.45) is 0 Å². The maximum atomic E-state index is 13.1. The minimum absolute atomic E-state index is 0.200. The number of aryl methyl sites for hydroxylation is 1. The number of anilines is 1. The second-order valence-corrected chi connectivity index (χ2v) is 9.96. The number of imide groups is 1. The van der Waals surface area contributed by atoms with Crippen LogP contribution in [0.3, 0.4) is 0 Å². The van der Waals surface area contributed by atoms with Gasteiger partial charge in [0.05, 0.1) is 4.91 Å². The van der Waals surface area contributed by atoms with Crippen molar-refractivity contribution >= 4 is 40.6 Å². The van der Waals surface area contributed by atoms with Crippen LogP contribution in [0, 0.1) is 13.8 Å². The lowest BCUT2D eigenvalue weighted by Crippen LogP contribution is -2.51. The van der Waals surface area contributed by atoms with Crippen molar-refractivity contribution in [3.8, 4) is 5.69 Å². The van der Waals surface area contributed by atoms with Crippen molar-refractivity contribution in [1.82, 2.24) is 14.4 Å². The number of amides is 3. The van der Waals surface area contributed by atoms with Crippen molar-refractivity contribution in [3.05, 3.63) is 88.6 Å². The SMILES string of the molecule is Cc1cc(/C=C2/SC(=O)N(CC(=O)N3CCN(c4ccccc4)CC3)C2=O)c(C)n1-c1ccccc1. The Balaban J connectivity index is 1.25. The molecule has 3 heterocycles. The summed E-state index contributed by atoms with van der Waals surface area (Å²) in [5.41, 5.74) is 5.07. The third kappa shape index (κ3) is 4.68. The van der Waals surface area contributed by atoms with Crippen LogP contribution in [-0.2, 0) is 9.59 Å². The third-order valence-electron chi connectivity index (χ3n) is 6.69. The van der Waals surface area contributed by atoms with Crippen LogP contribution in [0.15, 0.2) is 71.6 Å². The van der Waals surface area contributed by atoms with E-state index in [1.165, 1.54) is 0 Å². The molecule has 0 saturated carbocycles. The molecule has 2 saturated heterocycles. The van der Waals surface area contributed by atoms with Gasteiger partial charge >= 0.3 is 0 Å².